The molecule has 3 N–H and O–H groups in total. The van der Waals surface area contributed by atoms with Crippen LogP contribution in [0, 0.1) is 3.57 Å². The fourth-order valence-electron chi connectivity index (χ4n) is 2.00. The van der Waals surface area contributed by atoms with Crippen LogP contribution in [0.5, 0.6) is 5.75 Å². The Labute approximate surface area is 154 Å². The molecule has 0 heterocycles. The molecule has 6 heteroatoms. The van der Waals surface area contributed by atoms with Crippen LogP contribution in [0.1, 0.15) is 11.1 Å². The molecule has 0 aliphatic rings. The van der Waals surface area contributed by atoms with Gasteiger partial charge < -0.3 is 10.4 Å². The Balaban J connectivity index is 1.87. The molecule has 0 aliphatic carbocycles. The maximum atomic E-state index is 11.8. The Bertz CT molecular complexity index is 742. The van der Waals surface area contributed by atoms with E-state index in [1.165, 1.54) is 6.21 Å². The first-order chi connectivity index (χ1) is 11.6. The van der Waals surface area contributed by atoms with E-state index in [9.17, 15) is 9.90 Å². The van der Waals surface area contributed by atoms with E-state index in [0.717, 1.165) is 14.8 Å². The third-order valence-electron chi connectivity index (χ3n) is 3.21. The van der Waals surface area contributed by atoms with E-state index >= 15 is 0 Å². The van der Waals surface area contributed by atoms with Crippen molar-refractivity contribution in [2.75, 3.05) is 11.9 Å². The maximum absolute atomic E-state index is 11.8. The number of anilines is 1. The number of carbonyl (C=O) groups is 1. The quantitative estimate of drug-likeness (QED) is 0.271. The van der Waals surface area contributed by atoms with Crippen LogP contribution < -0.4 is 10.7 Å². The number of nitrogens with one attached hydrogen (secondary N) is 2. The summed E-state index contributed by atoms with van der Waals surface area (Å²) in [5.74, 6) is -0.126. The normalized spacial score (nSPS) is 10.5. The largest absolute Gasteiger partial charge is 0.507 e. The number of rotatable bonds is 7. The Hall–Kier alpha value is -2.35. The minimum atomic E-state index is -0.272. The molecule has 0 unspecified atom stereocenters. The summed E-state index contributed by atoms with van der Waals surface area (Å²) in [5.41, 5.74) is 4.60. The molecule has 0 atom stereocenters. The van der Waals surface area contributed by atoms with Gasteiger partial charge in [-0.05, 0) is 64.9 Å². The number of carbonyl (C=O) groups excluding carboxylic acids is 1. The molecule has 0 saturated heterocycles. The lowest BCUT2D eigenvalue weighted by molar-refractivity contribution is -0.119. The number of phenolic OH excluding ortho intramolecular Hbond substituents is 1. The Morgan fingerprint density at radius 1 is 1.25 bits per heavy atom. The van der Waals surface area contributed by atoms with Gasteiger partial charge in [-0.15, -0.1) is 6.58 Å². The predicted octanol–water partition coefficient (Wildman–Crippen LogP) is 3.29. The Morgan fingerprint density at radius 2 is 2.00 bits per heavy atom. The average Bonchev–Trinajstić information content (AvgIpc) is 2.58. The predicted molar refractivity (Wildman–Crippen MR) is 105 cm³/mol. The third kappa shape index (κ3) is 5.38. The van der Waals surface area contributed by atoms with Gasteiger partial charge in [0.1, 0.15) is 5.75 Å². The molecule has 0 fully saturated rings. The molecule has 0 bridgehead atoms. The van der Waals surface area contributed by atoms with Crippen LogP contribution in [0.4, 0.5) is 5.69 Å². The van der Waals surface area contributed by atoms with E-state index in [0.29, 0.717) is 12.0 Å². The molecule has 0 radical (unpaired) electrons. The molecule has 2 aromatic rings. The van der Waals surface area contributed by atoms with Crippen molar-refractivity contribution in [3.8, 4) is 5.75 Å². The van der Waals surface area contributed by atoms with Gasteiger partial charge in [-0.3, -0.25) is 4.79 Å². The number of hydrogen-bond acceptors (Lipinski definition) is 4. The van der Waals surface area contributed by atoms with Crippen molar-refractivity contribution in [2.24, 2.45) is 5.10 Å². The van der Waals surface area contributed by atoms with Crippen LogP contribution in [0.2, 0.25) is 0 Å². The highest BCUT2D eigenvalue weighted by Crippen LogP contribution is 2.21. The molecule has 0 saturated carbocycles. The number of phenols is 1. The van der Waals surface area contributed by atoms with Gasteiger partial charge in [-0.25, -0.2) is 5.43 Å². The van der Waals surface area contributed by atoms with Crippen molar-refractivity contribution in [3.05, 3.63) is 69.8 Å². The Morgan fingerprint density at radius 3 is 2.71 bits per heavy atom. The summed E-state index contributed by atoms with van der Waals surface area (Å²) >= 11 is 2.22. The molecule has 124 valence electrons. The smallest absolute Gasteiger partial charge is 0.259 e. The SMILES string of the molecule is C=CCc1cccc(/C=N\NC(=O)CNc2ccc(I)cc2)c1O. The van der Waals surface area contributed by atoms with Gasteiger partial charge in [0.15, 0.2) is 0 Å². The highest BCUT2D eigenvalue weighted by atomic mass is 127. The van der Waals surface area contributed by atoms with Crippen molar-refractivity contribution in [3.63, 3.8) is 0 Å². The van der Waals surface area contributed by atoms with E-state index in [1.807, 2.05) is 36.4 Å². The monoisotopic (exact) mass is 435 g/mol. The molecule has 24 heavy (non-hydrogen) atoms. The number of allylic oxidation sites excluding steroid dienone is 1. The minimum Gasteiger partial charge on any atom is -0.507 e. The zero-order chi connectivity index (χ0) is 17.4. The topological polar surface area (TPSA) is 73.7 Å². The van der Waals surface area contributed by atoms with E-state index in [4.69, 9.17) is 0 Å². The van der Waals surface area contributed by atoms with Gasteiger partial charge in [0.05, 0.1) is 12.8 Å². The molecule has 1 amide bonds. The lowest BCUT2D eigenvalue weighted by Crippen LogP contribution is -2.25. The average molecular weight is 435 g/mol. The molecular formula is C18H18IN3O2. The first-order valence-corrected chi connectivity index (χ1v) is 8.41. The molecule has 0 spiro atoms. The zero-order valence-corrected chi connectivity index (χ0v) is 15.2. The van der Waals surface area contributed by atoms with Crippen LogP contribution in [0.25, 0.3) is 0 Å². The Kier molecular flexibility index (Phi) is 6.80. The number of benzene rings is 2. The first kappa shape index (κ1) is 18.0. The number of nitrogens with zero attached hydrogens (tertiary/aromatic N) is 1. The highest BCUT2D eigenvalue weighted by molar-refractivity contribution is 14.1. The van der Waals surface area contributed by atoms with Crippen molar-refractivity contribution in [1.82, 2.24) is 5.43 Å². The summed E-state index contributed by atoms with van der Waals surface area (Å²) in [6, 6.07) is 13.1. The number of hydrogen-bond donors (Lipinski definition) is 3. The molecular weight excluding hydrogens is 417 g/mol. The van der Waals surface area contributed by atoms with Gasteiger partial charge >= 0.3 is 0 Å². The maximum Gasteiger partial charge on any atom is 0.259 e. The van der Waals surface area contributed by atoms with Crippen molar-refractivity contribution in [1.29, 1.82) is 0 Å². The second kappa shape index (κ2) is 9.07. The van der Waals surface area contributed by atoms with E-state index in [1.54, 1.807) is 12.1 Å². The van der Waals surface area contributed by atoms with Crippen molar-refractivity contribution >= 4 is 40.4 Å². The van der Waals surface area contributed by atoms with Crippen LogP contribution >= 0.6 is 22.6 Å². The van der Waals surface area contributed by atoms with Gasteiger partial charge in [0.2, 0.25) is 0 Å². The van der Waals surface area contributed by atoms with E-state index in [2.05, 4.69) is 45.0 Å². The number of para-hydroxylation sites is 1. The van der Waals surface area contributed by atoms with Crippen LogP contribution in [-0.4, -0.2) is 23.8 Å². The van der Waals surface area contributed by atoms with Crippen molar-refractivity contribution in [2.45, 2.75) is 6.42 Å². The number of halogens is 1. The second-order valence-corrected chi connectivity index (χ2v) is 6.25. The summed E-state index contributed by atoms with van der Waals surface area (Å²) in [5, 5.41) is 17.0. The van der Waals surface area contributed by atoms with Crippen LogP contribution in [0.3, 0.4) is 0 Å². The number of aromatic hydroxyl groups is 1. The van der Waals surface area contributed by atoms with Gasteiger partial charge in [0.25, 0.3) is 5.91 Å². The second-order valence-electron chi connectivity index (χ2n) is 5.00. The van der Waals surface area contributed by atoms with Gasteiger partial charge in [-0.1, -0.05) is 18.2 Å². The molecule has 5 nitrogen and oxygen atoms in total. The number of amides is 1. The van der Waals surface area contributed by atoms with Gasteiger partial charge in [0, 0.05) is 14.8 Å². The minimum absolute atomic E-state index is 0.112. The van der Waals surface area contributed by atoms with Crippen LogP contribution in [-0.2, 0) is 11.2 Å². The molecule has 0 aliphatic heterocycles. The highest BCUT2D eigenvalue weighted by Gasteiger charge is 2.04. The lowest BCUT2D eigenvalue weighted by atomic mass is 10.1. The molecule has 0 aromatic heterocycles. The standard InChI is InChI=1S/C18H18IN3O2/c1-2-4-13-5-3-6-14(18(13)24)11-21-22-17(23)12-20-16-9-7-15(19)8-10-16/h2-3,5-11,20,24H,1,4,12H2,(H,22,23)/b21-11-. The molecule has 2 aromatic carbocycles. The fourth-order valence-corrected chi connectivity index (χ4v) is 2.36. The van der Waals surface area contributed by atoms with E-state index < -0.39 is 0 Å². The fraction of sp³-hybridized carbons (Fsp3) is 0.111. The lowest BCUT2D eigenvalue weighted by Gasteiger charge is -2.06. The summed E-state index contributed by atoms with van der Waals surface area (Å²) in [4.78, 5) is 11.8. The zero-order valence-electron chi connectivity index (χ0n) is 13.0. The summed E-state index contributed by atoms with van der Waals surface area (Å²) < 4.78 is 1.13. The van der Waals surface area contributed by atoms with E-state index in [-0.39, 0.29) is 18.2 Å². The summed E-state index contributed by atoms with van der Waals surface area (Å²) in [6.45, 7) is 3.76. The van der Waals surface area contributed by atoms with Crippen LogP contribution in [0.15, 0.2) is 60.2 Å². The van der Waals surface area contributed by atoms with Crippen molar-refractivity contribution < 1.29 is 9.90 Å². The third-order valence-corrected chi connectivity index (χ3v) is 3.92. The van der Waals surface area contributed by atoms with Gasteiger partial charge in [-0.2, -0.15) is 5.10 Å². The summed E-state index contributed by atoms with van der Waals surface area (Å²) in [7, 11) is 0. The molecule has 2 rings (SSSR count). The number of hydrazone groups is 1. The first-order valence-electron chi connectivity index (χ1n) is 7.33. The summed E-state index contributed by atoms with van der Waals surface area (Å²) in [6.07, 6.45) is 3.71.